The zero-order valence-electron chi connectivity index (χ0n) is 9.90. The Kier molecular flexibility index (Phi) is 4.02. The quantitative estimate of drug-likeness (QED) is 0.583. The van der Waals surface area contributed by atoms with E-state index in [2.05, 4.69) is 0 Å². The lowest BCUT2D eigenvalue weighted by Gasteiger charge is -2.30. The molecular formula is C12H18O4. The molecule has 1 rings (SSSR count). The van der Waals surface area contributed by atoms with Crippen LogP contribution in [0.25, 0.3) is 0 Å². The molecule has 0 atom stereocenters. The van der Waals surface area contributed by atoms with Gasteiger partial charge in [0.05, 0.1) is 5.60 Å². The van der Waals surface area contributed by atoms with E-state index in [4.69, 9.17) is 14.9 Å². The van der Waals surface area contributed by atoms with Crippen LogP contribution in [0, 0.1) is 0 Å². The molecule has 0 aromatic rings. The van der Waals surface area contributed by atoms with Gasteiger partial charge in [-0.1, -0.05) is 0 Å². The monoisotopic (exact) mass is 226 g/mol. The van der Waals surface area contributed by atoms with Gasteiger partial charge in [0.2, 0.25) is 0 Å². The standard InChI is InChI=1S/C12H18O4/c1-11(2,3)15-16-12(8-9-13)6-4-10(14)5-7-12/h4-7,13H,8-9H2,1-3H3. The molecule has 0 radical (unpaired) electrons. The molecule has 1 N–H and O–H groups in total. The van der Waals surface area contributed by atoms with Crippen molar-refractivity contribution in [2.45, 2.75) is 38.4 Å². The summed E-state index contributed by atoms with van der Waals surface area (Å²) in [5, 5.41) is 8.99. The number of aliphatic hydroxyl groups excluding tert-OH is 1. The van der Waals surface area contributed by atoms with Crippen molar-refractivity contribution in [2.24, 2.45) is 0 Å². The highest BCUT2D eigenvalue weighted by Crippen LogP contribution is 2.25. The van der Waals surface area contributed by atoms with Crippen LogP contribution in [-0.2, 0) is 14.6 Å². The Bertz CT molecular complexity index is 293. The Balaban J connectivity index is 2.71. The summed E-state index contributed by atoms with van der Waals surface area (Å²) >= 11 is 0. The minimum atomic E-state index is -0.837. The van der Waals surface area contributed by atoms with Crippen molar-refractivity contribution in [1.82, 2.24) is 0 Å². The van der Waals surface area contributed by atoms with Crippen LogP contribution in [0.1, 0.15) is 27.2 Å². The molecule has 0 aromatic carbocycles. The molecule has 1 aliphatic carbocycles. The van der Waals surface area contributed by atoms with E-state index in [1.807, 2.05) is 20.8 Å². The molecule has 0 amide bonds. The Morgan fingerprint density at radius 2 is 1.88 bits per heavy atom. The lowest BCUT2D eigenvalue weighted by atomic mass is 9.94. The van der Waals surface area contributed by atoms with E-state index in [9.17, 15) is 4.79 Å². The van der Waals surface area contributed by atoms with Gasteiger partial charge in [0.1, 0.15) is 5.60 Å². The molecule has 0 bridgehead atoms. The summed E-state index contributed by atoms with van der Waals surface area (Å²) in [5.41, 5.74) is -1.28. The van der Waals surface area contributed by atoms with Gasteiger partial charge < -0.3 is 5.11 Å². The van der Waals surface area contributed by atoms with Crippen molar-refractivity contribution >= 4 is 5.78 Å². The van der Waals surface area contributed by atoms with Gasteiger partial charge in [-0.3, -0.25) is 4.79 Å². The summed E-state index contributed by atoms with van der Waals surface area (Å²) in [4.78, 5) is 21.6. The second-order valence-corrected chi connectivity index (χ2v) is 4.78. The maximum absolute atomic E-state index is 11.0. The van der Waals surface area contributed by atoms with Gasteiger partial charge in [0.25, 0.3) is 0 Å². The normalized spacial score (nSPS) is 19.1. The Morgan fingerprint density at radius 1 is 1.31 bits per heavy atom. The first kappa shape index (κ1) is 13.1. The molecule has 0 saturated heterocycles. The Labute approximate surface area is 95.5 Å². The van der Waals surface area contributed by atoms with Crippen LogP contribution >= 0.6 is 0 Å². The zero-order chi connectivity index (χ0) is 12.2. The zero-order valence-corrected chi connectivity index (χ0v) is 9.90. The Morgan fingerprint density at radius 3 is 2.31 bits per heavy atom. The average molecular weight is 226 g/mol. The van der Waals surface area contributed by atoms with Crippen molar-refractivity contribution in [3.63, 3.8) is 0 Å². The lowest BCUT2D eigenvalue weighted by molar-refractivity contribution is -0.385. The van der Waals surface area contributed by atoms with Crippen molar-refractivity contribution in [1.29, 1.82) is 0 Å². The summed E-state index contributed by atoms with van der Waals surface area (Å²) in [6.45, 7) is 5.54. The Hall–Kier alpha value is -0.970. The van der Waals surface area contributed by atoms with Gasteiger partial charge in [-0.25, -0.2) is 9.78 Å². The fraction of sp³-hybridized carbons (Fsp3) is 0.583. The molecule has 0 unspecified atom stereocenters. The molecule has 0 spiro atoms. The number of rotatable bonds is 4. The third-order valence-electron chi connectivity index (χ3n) is 2.01. The third-order valence-corrected chi connectivity index (χ3v) is 2.01. The largest absolute Gasteiger partial charge is 0.396 e. The van der Waals surface area contributed by atoms with Crippen molar-refractivity contribution in [3.05, 3.63) is 24.3 Å². The highest BCUT2D eigenvalue weighted by Gasteiger charge is 2.30. The first-order valence-corrected chi connectivity index (χ1v) is 5.27. The number of allylic oxidation sites excluding steroid dienone is 2. The van der Waals surface area contributed by atoms with E-state index in [0.29, 0.717) is 6.42 Å². The lowest BCUT2D eigenvalue weighted by Crippen LogP contribution is -2.35. The van der Waals surface area contributed by atoms with E-state index in [1.54, 1.807) is 12.2 Å². The molecule has 0 aromatic heterocycles. The van der Waals surface area contributed by atoms with Crippen LogP contribution < -0.4 is 0 Å². The van der Waals surface area contributed by atoms with E-state index in [0.717, 1.165) is 0 Å². The summed E-state index contributed by atoms with van der Waals surface area (Å²) in [6.07, 6.45) is 6.40. The van der Waals surface area contributed by atoms with E-state index < -0.39 is 11.2 Å². The molecule has 4 nitrogen and oxygen atoms in total. The summed E-state index contributed by atoms with van der Waals surface area (Å²) in [6, 6.07) is 0. The van der Waals surface area contributed by atoms with Gasteiger partial charge >= 0.3 is 0 Å². The summed E-state index contributed by atoms with van der Waals surface area (Å²) < 4.78 is 0. The second-order valence-electron chi connectivity index (χ2n) is 4.78. The average Bonchev–Trinajstić information content (AvgIpc) is 2.19. The first-order chi connectivity index (χ1) is 7.37. The van der Waals surface area contributed by atoms with Gasteiger partial charge in [0, 0.05) is 13.0 Å². The number of aliphatic hydroxyl groups is 1. The first-order valence-electron chi connectivity index (χ1n) is 5.27. The minimum Gasteiger partial charge on any atom is -0.396 e. The van der Waals surface area contributed by atoms with E-state index in [-0.39, 0.29) is 12.4 Å². The van der Waals surface area contributed by atoms with Crippen LogP contribution in [0.4, 0.5) is 0 Å². The molecule has 4 heteroatoms. The van der Waals surface area contributed by atoms with Gasteiger partial charge in [-0.15, -0.1) is 0 Å². The SMILES string of the molecule is CC(C)(C)OOC1(CCO)C=CC(=O)C=C1. The van der Waals surface area contributed by atoms with E-state index >= 15 is 0 Å². The molecule has 90 valence electrons. The molecule has 0 aliphatic heterocycles. The third kappa shape index (κ3) is 3.89. The van der Waals surface area contributed by atoms with Gasteiger partial charge in [-0.05, 0) is 45.1 Å². The molecule has 0 heterocycles. The van der Waals surface area contributed by atoms with E-state index in [1.165, 1.54) is 12.2 Å². The molecular weight excluding hydrogens is 208 g/mol. The molecule has 0 fully saturated rings. The number of carbonyl (C=O) groups excluding carboxylic acids is 1. The number of hydrogen-bond acceptors (Lipinski definition) is 4. The molecule has 1 aliphatic rings. The van der Waals surface area contributed by atoms with Crippen LogP contribution in [0.5, 0.6) is 0 Å². The predicted octanol–water partition coefficient (Wildman–Crippen LogP) is 1.55. The molecule has 16 heavy (non-hydrogen) atoms. The van der Waals surface area contributed by atoms with Crippen molar-refractivity contribution in [3.8, 4) is 0 Å². The topological polar surface area (TPSA) is 55.8 Å². The number of hydrogen-bond donors (Lipinski definition) is 1. The smallest absolute Gasteiger partial charge is 0.178 e. The summed E-state index contributed by atoms with van der Waals surface area (Å²) in [7, 11) is 0. The van der Waals surface area contributed by atoms with Crippen molar-refractivity contribution < 1.29 is 19.7 Å². The van der Waals surface area contributed by atoms with Crippen LogP contribution in [0.3, 0.4) is 0 Å². The van der Waals surface area contributed by atoms with Gasteiger partial charge in [-0.2, -0.15) is 0 Å². The highest BCUT2D eigenvalue weighted by molar-refractivity contribution is 6.00. The highest BCUT2D eigenvalue weighted by atomic mass is 17.2. The maximum Gasteiger partial charge on any atom is 0.178 e. The minimum absolute atomic E-state index is 0.0453. The fourth-order valence-corrected chi connectivity index (χ4v) is 1.20. The van der Waals surface area contributed by atoms with Crippen molar-refractivity contribution in [2.75, 3.05) is 6.61 Å². The fourth-order valence-electron chi connectivity index (χ4n) is 1.20. The maximum atomic E-state index is 11.0. The number of ketones is 1. The van der Waals surface area contributed by atoms with Crippen LogP contribution in [-0.4, -0.2) is 28.7 Å². The summed E-state index contributed by atoms with van der Waals surface area (Å²) in [5.74, 6) is -0.0899. The van der Waals surface area contributed by atoms with Gasteiger partial charge in [0.15, 0.2) is 5.78 Å². The number of carbonyl (C=O) groups is 1. The van der Waals surface area contributed by atoms with Crippen LogP contribution in [0.15, 0.2) is 24.3 Å². The second kappa shape index (κ2) is 4.91. The van der Waals surface area contributed by atoms with Crippen LogP contribution in [0.2, 0.25) is 0 Å². The molecule has 0 saturated carbocycles. The predicted molar refractivity (Wildman–Crippen MR) is 59.6 cm³/mol.